The fourth-order valence-corrected chi connectivity index (χ4v) is 3.00. The van der Waals surface area contributed by atoms with Crippen LogP contribution in [0, 0.1) is 5.41 Å². The first kappa shape index (κ1) is 15.8. The van der Waals surface area contributed by atoms with Crippen LogP contribution in [0.3, 0.4) is 0 Å². The number of carbonyl (C=O) groups excluding carboxylic acids is 1. The number of carbonyl (C=O) groups is 1. The summed E-state index contributed by atoms with van der Waals surface area (Å²) in [5, 5.41) is 4.71. The Kier molecular flexibility index (Phi) is 3.81. The fourth-order valence-electron chi connectivity index (χ4n) is 3.00. The monoisotopic (exact) mass is 333 g/mol. The van der Waals surface area contributed by atoms with Gasteiger partial charge in [0.05, 0.1) is 5.41 Å². The fraction of sp³-hybridized carbons (Fsp3) is 0.571. The lowest BCUT2D eigenvalue weighted by Gasteiger charge is -2.25. The second-order valence-corrected chi connectivity index (χ2v) is 5.77. The van der Waals surface area contributed by atoms with E-state index in [-0.39, 0.29) is 12.4 Å². The minimum atomic E-state index is -3.00. The molecule has 9 heteroatoms. The lowest BCUT2D eigenvalue weighted by molar-refractivity contribution is -0.0529. The average molecular weight is 333 g/mol. The van der Waals surface area contributed by atoms with Crippen molar-refractivity contribution in [2.75, 3.05) is 0 Å². The quantitative estimate of drug-likeness (QED) is 0.815. The first-order valence-corrected chi connectivity index (χ1v) is 7.17. The maximum Gasteiger partial charge on any atom is 0.388 e. The number of nitrogens with one attached hydrogen (secondary N) is 2. The maximum atomic E-state index is 13.7. The van der Waals surface area contributed by atoms with Gasteiger partial charge in [-0.15, -0.1) is 0 Å². The van der Waals surface area contributed by atoms with Crippen LogP contribution in [0.5, 0.6) is 5.88 Å². The standard InChI is InChI=1S/C14H15F4N3O2/c15-11(16)23-9-6-8(2-5-19-9)7-20-12(22)21-10-13(3-1-4-13)14(10,17)18/h2,5-6,10-11H,1,3-4,7H2,(H2,20,21,22). The minimum absolute atomic E-state index is 0.0146. The molecule has 0 aromatic carbocycles. The van der Waals surface area contributed by atoms with E-state index in [2.05, 4.69) is 20.4 Å². The molecule has 23 heavy (non-hydrogen) atoms. The molecule has 1 spiro atoms. The Bertz CT molecular complexity index is 607. The highest BCUT2D eigenvalue weighted by atomic mass is 19.3. The van der Waals surface area contributed by atoms with E-state index < -0.39 is 30.0 Å². The van der Waals surface area contributed by atoms with Gasteiger partial charge in [0.1, 0.15) is 6.04 Å². The van der Waals surface area contributed by atoms with E-state index in [0.29, 0.717) is 18.4 Å². The van der Waals surface area contributed by atoms with Gasteiger partial charge in [-0.2, -0.15) is 8.78 Å². The van der Waals surface area contributed by atoms with E-state index in [1.165, 1.54) is 18.3 Å². The second kappa shape index (κ2) is 5.54. The van der Waals surface area contributed by atoms with Crippen molar-refractivity contribution in [3.63, 3.8) is 0 Å². The summed E-state index contributed by atoms with van der Waals surface area (Å²) in [5.41, 5.74) is -0.592. The van der Waals surface area contributed by atoms with Crippen molar-refractivity contribution in [2.24, 2.45) is 5.41 Å². The Morgan fingerprint density at radius 2 is 2.17 bits per heavy atom. The third-order valence-corrected chi connectivity index (χ3v) is 4.48. The van der Waals surface area contributed by atoms with Gasteiger partial charge in [-0.25, -0.2) is 18.6 Å². The molecule has 1 unspecified atom stereocenters. The van der Waals surface area contributed by atoms with E-state index in [1.54, 1.807) is 0 Å². The number of hydrogen-bond acceptors (Lipinski definition) is 3. The molecule has 0 saturated heterocycles. The van der Waals surface area contributed by atoms with Crippen LogP contribution in [-0.2, 0) is 6.54 Å². The van der Waals surface area contributed by atoms with Crippen LogP contribution in [0.25, 0.3) is 0 Å². The molecule has 0 aliphatic heterocycles. The number of aromatic nitrogens is 1. The first-order chi connectivity index (χ1) is 10.8. The summed E-state index contributed by atoms with van der Waals surface area (Å²) >= 11 is 0. The molecule has 3 rings (SSSR count). The summed E-state index contributed by atoms with van der Waals surface area (Å²) in [7, 11) is 0. The molecule has 0 radical (unpaired) electrons. The number of hydrogen-bond donors (Lipinski definition) is 2. The van der Waals surface area contributed by atoms with Crippen LogP contribution in [0.4, 0.5) is 22.4 Å². The predicted molar refractivity (Wildman–Crippen MR) is 71.3 cm³/mol. The van der Waals surface area contributed by atoms with Gasteiger partial charge >= 0.3 is 12.6 Å². The maximum absolute atomic E-state index is 13.7. The van der Waals surface area contributed by atoms with Crippen molar-refractivity contribution in [2.45, 2.75) is 44.4 Å². The van der Waals surface area contributed by atoms with Crippen molar-refractivity contribution in [1.82, 2.24) is 15.6 Å². The van der Waals surface area contributed by atoms with Crippen molar-refractivity contribution in [1.29, 1.82) is 0 Å². The number of nitrogens with zero attached hydrogens (tertiary/aromatic N) is 1. The molecule has 5 nitrogen and oxygen atoms in total. The molecule has 1 aromatic rings. The Hall–Kier alpha value is -2.06. The van der Waals surface area contributed by atoms with E-state index in [4.69, 9.17) is 0 Å². The number of rotatable bonds is 5. The van der Waals surface area contributed by atoms with Gasteiger partial charge < -0.3 is 15.4 Å². The zero-order valence-corrected chi connectivity index (χ0v) is 12.0. The van der Waals surface area contributed by atoms with Crippen LogP contribution in [-0.4, -0.2) is 29.6 Å². The number of pyridine rings is 1. The van der Waals surface area contributed by atoms with Gasteiger partial charge in [-0.05, 0) is 24.5 Å². The summed E-state index contributed by atoms with van der Waals surface area (Å²) in [6, 6.07) is 0.897. The highest BCUT2D eigenvalue weighted by molar-refractivity contribution is 5.75. The molecule has 2 amide bonds. The molecule has 0 bridgehead atoms. The number of halogens is 4. The number of amides is 2. The topological polar surface area (TPSA) is 63.2 Å². The minimum Gasteiger partial charge on any atom is -0.417 e. The van der Waals surface area contributed by atoms with Crippen molar-refractivity contribution >= 4 is 6.03 Å². The van der Waals surface area contributed by atoms with Crippen molar-refractivity contribution < 1.29 is 27.1 Å². The van der Waals surface area contributed by atoms with Crippen molar-refractivity contribution in [3.8, 4) is 5.88 Å². The Labute approximate surface area is 129 Å². The van der Waals surface area contributed by atoms with Gasteiger partial charge in [-0.1, -0.05) is 6.42 Å². The van der Waals surface area contributed by atoms with E-state index >= 15 is 0 Å². The Morgan fingerprint density at radius 3 is 2.74 bits per heavy atom. The Morgan fingerprint density at radius 1 is 1.43 bits per heavy atom. The summed E-state index contributed by atoms with van der Waals surface area (Å²) in [6.45, 7) is -3.01. The third kappa shape index (κ3) is 2.79. The van der Waals surface area contributed by atoms with Crippen LogP contribution in [0.15, 0.2) is 18.3 Å². The third-order valence-electron chi connectivity index (χ3n) is 4.48. The number of alkyl halides is 4. The highest BCUT2D eigenvalue weighted by Crippen LogP contribution is 2.70. The van der Waals surface area contributed by atoms with Gasteiger partial charge in [0.15, 0.2) is 0 Å². The van der Waals surface area contributed by atoms with Crippen LogP contribution >= 0.6 is 0 Å². The van der Waals surface area contributed by atoms with Crippen molar-refractivity contribution in [3.05, 3.63) is 23.9 Å². The molecule has 2 fully saturated rings. The summed E-state index contributed by atoms with van der Waals surface area (Å²) in [5.74, 6) is -3.13. The smallest absolute Gasteiger partial charge is 0.388 e. The van der Waals surface area contributed by atoms with E-state index in [1.807, 2.05) is 0 Å². The van der Waals surface area contributed by atoms with Crippen LogP contribution in [0.2, 0.25) is 0 Å². The van der Waals surface area contributed by atoms with Crippen LogP contribution < -0.4 is 15.4 Å². The molecule has 2 aliphatic carbocycles. The summed E-state index contributed by atoms with van der Waals surface area (Å²) in [6.07, 6.45) is 2.84. The molecule has 1 atom stereocenters. The lowest BCUT2D eigenvalue weighted by Crippen LogP contribution is -2.40. The average Bonchev–Trinajstić information content (AvgIpc) is 2.92. The van der Waals surface area contributed by atoms with Gasteiger partial charge in [0.25, 0.3) is 5.92 Å². The summed E-state index contributed by atoms with van der Waals surface area (Å²) < 4.78 is 55.6. The zero-order chi connectivity index (χ0) is 16.7. The van der Waals surface area contributed by atoms with Crippen LogP contribution in [0.1, 0.15) is 24.8 Å². The lowest BCUT2D eigenvalue weighted by atomic mass is 9.80. The molecule has 2 N–H and O–H groups in total. The second-order valence-electron chi connectivity index (χ2n) is 5.77. The molecule has 126 valence electrons. The van der Waals surface area contributed by atoms with E-state index in [9.17, 15) is 22.4 Å². The van der Waals surface area contributed by atoms with Gasteiger partial charge in [-0.3, -0.25) is 0 Å². The number of urea groups is 1. The molecule has 1 heterocycles. The largest absolute Gasteiger partial charge is 0.417 e. The molecule has 1 aromatic heterocycles. The Balaban J connectivity index is 1.50. The predicted octanol–water partition coefficient (Wildman–Crippen LogP) is 2.67. The molecule has 2 aliphatic rings. The highest BCUT2D eigenvalue weighted by Gasteiger charge is 2.82. The SMILES string of the molecule is O=C(NCc1ccnc(OC(F)F)c1)NC1C(F)(F)C12CCC2. The summed E-state index contributed by atoms with van der Waals surface area (Å²) in [4.78, 5) is 15.3. The normalized spacial score (nSPS) is 23.3. The molecular weight excluding hydrogens is 318 g/mol. The van der Waals surface area contributed by atoms with Gasteiger partial charge in [0, 0.05) is 18.8 Å². The molecule has 2 saturated carbocycles. The number of ether oxygens (including phenoxy) is 1. The molecular formula is C14H15F4N3O2. The van der Waals surface area contributed by atoms with E-state index in [0.717, 1.165) is 6.42 Å². The first-order valence-electron chi connectivity index (χ1n) is 7.17. The van der Waals surface area contributed by atoms with Gasteiger partial charge in [0.2, 0.25) is 5.88 Å². The zero-order valence-electron chi connectivity index (χ0n) is 12.0.